The van der Waals surface area contributed by atoms with Crippen molar-refractivity contribution in [1.29, 1.82) is 0 Å². The summed E-state index contributed by atoms with van der Waals surface area (Å²) in [7, 11) is 0. The number of carbonyl (C=O) groups is 2. The van der Waals surface area contributed by atoms with Gasteiger partial charge in [-0.3, -0.25) is 9.78 Å². The molecule has 0 bridgehead atoms. The van der Waals surface area contributed by atoms with E-state index >= 15 is 0 Å². The Morgan fingerprint density at radius 3 is 2.64 bits per heavy atom. The highest BCUT2D eigenvalue weighted by Gasteiger charge is 2.13. The number of carbonyl (C=O) groups excluding carboxylic acids is 2. The van der Waals surface area contributed by atoms with E-state index in [1.165, 1.54) is 18.6 Å². The third-order valence-electron chi connectivity index (χ3n) is 2.85. The van der Waals surface area contributed by atoms with Gasteiger partial charge in [-0.05, 0) is 24.6 Å². The minimum absolute atomic E-state index is 0.0660. The van der Waals surface area contributed by atoms with E-state index in [4.69, 9.17) is 4.74 Å². The van der Waals surface area contributed by atoms with Crippen molar-refractivity contribution in [3.63, 3.8) is 0 Å². The zero-order chi connectivity index (χ0) is 15.9. The molecule has 0 aliphatic carbocycles. The summed E-state index contributed by atoms with van der Waals surface area (Å²) in [6.45, 7) is 1.49. The van der Waals surface area contributed by atoms with Crippen LogP contribution in [-0.4, -0.2) is 28.5 Å². The van der Waals surface area contributed by atoms with E-state index in [0.29, 0.717) is 0 Å². The second-order valence-corrected chi connectivity index (χ2v) is 5.42. The van der Waals surface area contributed by atoms with E-state index in [1.807, 2.05) is 31.2 Å². The first-order valence-electron chi connectivity index (χ1n) is 6.54. The number of ether oxygens (including phenoxy) is 1. The smallest absolute Gasteiger partial charge is 0.359 e. The Bertz CT molecular complexity index is 647. The minimum Gasteiger partial charge on any atom is -0.451 e. The second-order valence-electron chi connectivity index (χ2n) is 4.51. The largest absolute Gasteiger partial charge is 0.451 e. The van der Waals surface area contributed by atoms with Gasteiger partial charge in [-0.15, -0.1) is 0 Å². The lowest BCUT2D eigenvalue weighted by Crippen LogP contribution is -2.31. The SMILES string of the molecule is C[C@@H](NC(=O)COC(=O)c1cnccn1)c1ccc(Br)cc1. The standard InChI is InChI=1S/C15H14BrN3O3/c1-10(11-2-4-12(16)5-3-11)19-14(20)9-22-15(21)13-8-17-6-7-18-13/h2-8,10H,9H2,1H3,(H,19,20)/t10-/m1/s1. The molecular weight excluding hydrogens is 350 g/mol. The topological polar surface area (TPSA) is 81.2 Å². The number of nitrogens with one attached hydrogen (secondary N) is 1. The second kappa shape index (κ2) is 7.65. The van der Waals surface area contributed by atoms with Crippen LogP contribution in [0.2, 0.25) is 0 Å². The fourth-order valence-electron chi connectivity index (χ4n) is 1.73. The van der Waals surface area contributed by atoms with Crippen LogP contribution in [-0.2, 0) is 9.53 Å². The van der Waals surface area contributed by atoms with Crippen LogP contribution in [0.5, 0.6) is 0 Å². The van der Waals surface area contributed by atoms with Gasteiger partial charge in [0.2, 0.25) is 0 Å². The van der Waals surface area contributed by atoms with Crippen molar-refractivity contribution in [2.75, 3.05) is 6.61 Å². The Hall–Kier alpha value is -2.28. The molecular formula is C15H14BrN3O3. The quantitative estimate of drug-likeness (QED) is 0.824. The number of nitrogens with zero attached hydrogens (tertiary/aromatic N) is 2. The van der Waals surface area contributed by atoms with Crippen LogP contribution in [0.3, 0.4) is 0 Å². The van der Waals surface area contributed by atoms with Crippen molar-refractivity contribution in [3.05, 3.63) is 58.6 Å². The average Bonchev–Trinajstić information content (AvgIpc) is 2.54. The molecule has 114 valence electrons. The van der Waals surface area contributed by atoms with Gasteiger partial charge < -0.3 is 10.1 Å². The van der Waals surface area contributed by atoms with Crippen LogP contribution >= 0.6 is 15.9 Å². The number of halogens is 1. The first-order valence-corrected chi connectivity index (χ1v) is 7.33. The van der Waals surface area contributed by atoms with E-state index in [-0.39, 0.29) is 24.2 Å². The summed E-state index contributed by atoms with van der Waals surface area (Å²) in [6.07, 6.45) is 4.11. The maximum Gasteiger partial charge on any atom is 0.359 e. The monoisotopic (exact) mass is 363 g/mol. The molecule has 0 aliphatic heterocycles. The van der Waals surface area contributed by atoms with Gasteiger partial charge >= 0.3 is 5.97 Å². The third kappa shape index (κ3) is 4.63. The lowest BCUT2D eigenvalue weighted by molar-refractivity contribution is -0.124. The Morgan fingerprint density at radius 1 is 1.27 bits per heavy atom. The number of amides is 1. The molecule has 0 unspecified atom stereocenters. The predicted octanol–water partition coefficient (Wildman–Crippen LogP) is 2.27. The molecule has 22 heavy (non-hydrogen) atoms. The molecule has 1 aromatic heterocycles. The van der Waals surface area contributed by atoms with Crippen molar-refractivity contribution in [1.82, 2.24) is 15.3 Å². The van der Waals surface area contributed by atoms with Crippen molar-refractivity contribution in [3.8, 4) is 0 Å². The van der Waals surface area contributed by atoms with Crippen LogP contribution in [0.1, 0.15) is 29.0 Å². The molecule has 0 saturated heterocycles. The predicted molar refractivity (Wildman–Crippen MR) is 83.0 cm³/mol. The van der Waals surface area contributed by atoms with Crippen LogP contribution in [0.15, 0.2) is 47.3 Å². The zero-order valence-electron chi connectivity index (χ0n) is 11.8. The van der Waals surface area contributed by atoms with E-state index in [1.54, 1.807) is 0 Å². The molecule has 0 aliphatic rings. The number of esters is 1. The number of aromatic nitrogens is 2. The molecule has 0 saturated carbocycles. The fourth-order valence-corrected chi connectivity index (χ4v) is 1.99. The van der Waals surface area contributed by atoms with Gasteiger partial charge in [0.05, 0.1) is 12.2 Å². The lowest BCUT2D eigenvalue weighted by Gasteiger charge is -2.14. The maximum atomic E-state index is 11.8. The highest BCUT2D eigenvalue weighted by atomic mass is 79.9. The summed E-state index contributed by atoms with van der Waals surface area (Å²) in [6, 6.07) is 7.41. The summed E-state index contributed by atoms with van der Waals surface area (Å²) in [5, 5.41) is 2.75. The number of hydrogen-bond donors (Lipinski definition) is 1. The van der Waals surface area contributed by atoms with Gasteiger partial charge in [-0.25, -0.2) is 9.78 Å². The van der Waals surface area contributed by atoms with E-state index in [2.05, 4.69) is 31.2 Å². The maximum absolute atomic E-state index is 11.8. The molecule has 6 nitrogen and oxygen atoms in total. The van der Waals surface area contributed by atoms with Crippen molar-refractivity contribution >= 4 is 27.8 Å². The molecule has 1 N–H and O–H groups in total. The van der Waals surface area contributed by atoms with Crippen LogP contribution in [0, 0.1) is 0 Å². The summed E-state index contributed by atoms with van der Waals surface area (Å²) >= 11 is 3.35. The molecule has 0 radical (unpaired) electrons. The number of rotatable bonds is 5. The Balaban J connectivity index is 1.83. The Labute approximate surface area is 136 Å². The Morgan fingerprint density at radius 2 is 2.00 bits per heavy atom. The Kier molecular flexibility index (Phi) is 5.60. The first kappa shape index (κ1) is 16.1. The molecule has 1 aromatic carbocycles. The van der Waals surface area contributed by atoms with Crippen molar-refractivity contribution < 1.29 is 14.3 Å². The van der Waals surface area contributed by atoms with Crippen molar-refractivity contribution in [2.24, 2.45) is 0 Å². The molecule has 2 aromatic rings. The summed E-state index contributed by atoms with van der Waals surface area (Å²) in [4.78, 5) is 31.0. The number of hydrogen-bond acceptors (Lipinski definition) is 5. The summed E-state index contributed by atoms with van der Waals surface area (Å²) in [5.41, 5.74) is 1.02. The highest BCUT2D eigenvalue weighted by Crippen LogP contribution is 2.16. The minimum atomic E-state index is -0.681. The molecule has 0 fully saturated rings. The van der Waals surface area contributed by atoms with Crippen LogP contribution in [0.25, 0.3) is 0 Å². The average molecular weight is 364 g/mol. The summed E-state index contributed by atoms with van der Waals surface area (Å²) in [5.74, 6) is -1.06. The van der Waals surface area contributed by atoms with E-state index in [0.717, 1.165) is 10.0 Å². The van der Waals surface area contributed by atoms with Gasteiger partial charge in [-0.2, -0.15) is 0 Å². The van der Waals surface area contributed by atoms with E-state index < -0.39 is 5.97 Å². The zero-order valence-corrected chi connectivity index (χ0v) is 13.4. The number of benzene rings is 1. The fraction of sp³-hybridized carbons (Fsp3) is 0.200. The lowest BCUT2D eigenvalue weighted by atomic mass is 10.1. The van der Waals surface area contributed by atoms with Gasteiger partial charge in [0, 0.05) is 16.9 Å². The van der Waals surface area contributed by atoms with Gasteiger partial charge in [0.25, 0.3) is 5.91 Å². The van der Waals surface area contributed by atoms with Gasteiger partial charge in [-0.1, -0.05) is 28.1 Å². The molecule has 2 rings (SSSR count). The normalized spacial score (nSPS) is 11.5. The third-order valence-corrected chi connectivity index (χ3v) is 3.38. The highest BCUT2D eigenvalue weighted by molar-refractivity contribution is 9.10. The molecule has 0 spiro atoms. The molecule has 7 heteroatoms. The van der Waals surface area contributed by atoms with Gasteiger partial charge in [0.15, 0.2) is 12.3 Å². The van der Waals surface area contributed by atoms with Gasteiger partial charge in [0.1, 0.15) is 0 Å². The van der Waals surface area contributed by atoms with Crippen LogP contribution < -0.4 is 5.32 Å². The van der Waals surface area contributed by atoms with Crippen molar-refractivity contribution in [2.45, 2.75) is 13.0 Å². The van der Waals surface area contributed by atoms with Crippen LogP contribution in [0.4, 0.5) is 0 Å². The molecule has 1 atom stereocenters. The van der Waals surface area contributed by atoms with E-state index in [9.17, 15) is 9.59 Å². The molecule has 1 amide bonds. The summed E-state index contributed by atoms with van der Waals surface area (Å²) < 4.78 is 5.85. The molecule has 1 heterocycles. The first-order chi connectivity index (χ1) is 10.6.